The molecule has 0 radical (unpaired) electrons. The number of alkyl halides is 3. The Morgan fingerprint density at radius 3 is 2.69 bits per heavy atom. The predicted octanol–water partition coefficient (Wildman–Crippen LogP) is 5.07. The fourth-order valence-electron chi connectivity index (χ4n) is 4.05. The third kappa shape index (κ3) is 10.1. The first kappa shape index (κ1) is 28.9. The Morgan fingerprint density at radius 1 is 1.26 bits per heavy atom. The first-order valence-corrected chi connectivity index (χ1v) is 12.1. The van der Waals surface area contributed by atoms with Gasteiger partial charge in [0.05, 0.1) is 6.04 Å². The summed E-state index contributed by atoms with van der Waals surface area (Å²) >= 11 is 1.10. The topological polar surface area (TPSA) is 70.7 Å². The van der Waals surface area contributed by atoms with Crippen LogP contribution in [0.1, 0.15) is 37.1 Å². The van der Waals surface area contributed by atoms with Gasteiger partial charge in [-0.05, 0) is 50.1 Å². The Hall–Kier alpha value is -2.30. The molecule has 0 spiro atoms. The number of thiophene rings is 1. The zero-order valence-electron chi connectivity index (χ0n) is 19.4. The van der Waals surface area contributed by atoms with E-state index in [1.807, 2.05) is 30.3 Å². The quantitative estimate of drug-likeness (QED) is 0.373. The van der Waals surface area contributed by atoms with E-state index in [4.69, 9.17) is 4.74 Å². The summed E-state index contributed by atoms with van der Waals surface area (Å²) in [6.45, 7) is 2.84. The Morgan fingerprint density at radius 2 is 2.00 bits per heavy atom. The lowest BCUT2D eigenvalue weighted by Gasteiger charge is -2.24. The molecule has 2 N–H and O–H groups in total. The van der Waals surface area contributed by atoms with Crippen molar-refractivity contribution in [3.05, 3.63) is 47.3 Å². The van der Waals surface area contributed by atoms with Crippen LogP contribution in [0.15, 0.2) is 42.5 Å². The van der Waals surface area contributed by atoms with Crippen LogP contribution in [-0.4, -0.2) is 55.6 Å². The molecule has 3 atom stereocenters. The summed E-state index contributed by atoms with van der Waals surface area (Å²) in [4.78, 5) is 26.7. The first-order valence-electron chi connectivity index (χ1n) is 11.3. The van der Waals surface area contributed by atoms with Crippen LogP contribution in [-0.2, 0) is 9.59 Å². The highest BCUT2D eigenvalue weighted by atomic mass is 35.5. The number of halogens is 4. The number of nitrogens with zero attached hydrogens (tertiary/aromatic N) is 1. The van der Waals surface area contributed by atoms with E-state index in [1.165, 1.54) is 6.07 Å². The minimum Gasteiger partial charge on any atom is -0.475 e. The molecule has 1 saturated heterocycles. The summed E-state index contributed by atoms with van der Waals surface area (Å²) in [5.74, 6) is 0.132. The molecular formula is C24H31ClF3N3O3S. The number of benzene rings is 1. The van der Waals surface area contributed by atoms with E-state index in [1.54, 1.807) is 13.0 Å². The van der Waals surface area contributed by atoms with Crippen LogP contribution < -0.4 is 15.4 Å². The van der Waals surface area contributed by atoms with E-state index in [2.05, 4.69) is 15.5 Å². The average Bonchev–Trinajstić information content (AvgIpc) is 3.42. The smallest absolute Gasteiger partial charge is 0.422 e. The van der Waals surface area contributed by atoms with Crippen molar-refractivity contribution in [1.82, 2.24) is 10.2 Å². The maximum Gasteiger partial charge on any atom is 0.422 e. The molecule has 1 unspecified atom stereocenters. The second-order valence-electron chi connectivity index (χ2n) is 8.58. The van der Waals surface area contributed by atoms with Gasteiger partial charge in [0.2, 0.25) is 5.91 Å². The lowest BCUT2D eigenvalue weighted by atomic mass is 10.0. The van der Waals surface area contributed by atoms with Gasteiger partial charge in [0.15, 0.2) is 11.7 Å². The average molecular weight is 534 g/mol. The monoisotopic (exact) mass is 533 g/mol. The number of para-hydroxylation sites is 1. The molecule has 0 aliphatic carbocycles. The molecule has 0 saturated carbocycles. The molecule has 6 nitrogen and oxygen atoms in total. The Kier molecular flexibility index (Phi) is 11.3. The van der Waals surface area contributed by atoms with E-state index in [9.17, 15) is 22.8 Å². The van der Waals surface area contributed by atoms with Crippen LogP contribution >= 0.6 is 23.7 Å². The number of carbonyl (C=O) groups excluding carboxylic acids is 2. The normalized spacial score (nSPS) is 17.8. The van der Waals surface area contributed by atoms with E-state index in [0.717, 1.165) is 54.2 Å². The van der Waals surface area contributed by atoms with Crippen molar-refractivity contribution < 1.29 is 27.5 Å². The second kappa shape index (κ2) is 13.7. The van der Waals surface area contributed by atoms with Crippen molar-refractivity contribution in [1.29, 1.82) is 0 Å². The summed E-state index contributed by atoms with van der Waals surface area (Å²) in [6, 6.07) is 12.6. The van der Waals surface area contributed by atoms with Crippen LogP contribution in [0, 0.1) is 5.92 Å². The number of anilines is 1. The molecular weight excluding hydrogens is 503 g/mol. The van der Waals surface area contributed by atoms with Crippen LogP contribution in [0.2, 0.25) is 0 Å². The molecule has 194 valence electrons. The number of hydrogen-bond acceptors (Lipinski definition) is 6. The molecule has 1 fully saturated rings. The van der Waals surface area contributed by atoms with E-state index in [-0.39, 0.29) is 41.4 Å². The number of hydrogen-bond donors (Lipinski definition) is 2. The van der Waals surface area contributed by atoms with Gasteiger partial charge < -0.3 is 25.1 Å². The van der Waals surface area contributed by atoms with Crippen molar-refractivity contribution in [2.24, 2.45) is 5.92 Å². The highest BCUT2D eigenvalue weighted by molar-refractivity contribution is 7.13. The van der Waals surface area contributed by atoms with Crippen LogP contribution in [0.3, 0.4) is 0 Å². The van der Waals surface area contributed by atoms with Gasteiger partial charge in [-0.2, -0.15) is 13.2 Å². The molecule has 2 aromatic rings. The summed E-state index contributed by atoms with van der Waals surface area (Å²) in [6.07, 6.45) is -1.77. The molecule has 1 aromatic carbocycles. The number of carbonyl (C=O) groups is 2. The van der Waals surface area contributed by atoms with E-state index in [0.29, 0.717) is 12.8 Å². The van der Waals surface area contributed by atoms with Crippen LogP contribution in [0.25, 0.3) is 0 Å². The van der Waals surface area contributed by atoms with Crippen LogP contribution in [0.4, 0.5) is 18.9 Å². The molecule has 2 heterocycles. The third-order valence-corrected chi connectivity index (χ3v) is 6.81. The Labute approximate surface area is 213 Å². The summed E-state index contributed by atoms with van der Waals surface area (Å²) in [5.41, 5.74) is 0.971. The molecule has 1 aliphatic heterocycles. The Balaban J connectivity index is 0.00000432. The molecule has 0 bridgehead atoms. The van der Waals surface area contributed by atoms with Gasteiger partial charge >= 0.3 is 6.18 Å². The minimum absolute atomic E-state index is 0. The van der Waals surface area contributed by atoms with Crippen molar-refractivity contribution in [2.45, 2.75) is 44.4 Å². The van der Waals surface area contributed by atoms with Crippen LogP contribution in [0.5, 0.6) is 5.06 Å². The number of likely N-dealkylation sites (tertiary alicyclic amines) is 1. The number of rotatable bonds is 12. The summed E-state index contributed by atoms with van der Waals surface area (Å²) in [5, 5.41) is 6.51. The molecule has 1 aliphatic rings. The largest absolute Gasteiger partial charge is 0.475 e. The zero-order chi connectivity index (χ0) is 24.6. The van der Waals surface area contributed by atoms with Gasteiger partial charge in [0.25, 0.3) is 0 Å². The second-order valence-corrected chi connectivity index (χ2v) is 9.66. The SMILES string of the molecule is C[C@@H](NC(=O)C[C@H]1CCN(CC(CC=O)Nc2ccccc2)C1)c1ccc(OCC(F)(F)F)s1.Cl. The van der Waals surface area contributed by atoms with Gasteiger partial charge in [-0.3, -0.25) is 4.79 Å². The molecule has 1 amide bonds. The van der Waals surface area contributed by atoms with E-state index < -0.39 is 12.8 Å². The summed E-state index contributed by atoms with van der Waals surface area (Å²) < 4.78 is 41.7. The molecule has 11 heteroatoms. The third-order valence-electron chi connectivity index (χ3n) is 5.63. The highest BCUT2D eigenvalue weighted by Crippen LogP contribution is 2.31. The van der Waals surface area contributed by atoms with Crippen molar-refractivity contribution >= 4 is 41.6 Å². The van der Waals surface area contributed by atoms with Crippen molar-refractivity contribution in [2.75, 3.05) is 31.6 Å². The molecule has 1 aromatic heterocycles. The van der Waals surface area contributed by atoms with Gasteiger partial charge in [-0.15, -0.1) is 23.7 Å². The van der Waals surface area contributed by atoms with Gasteiger partial charge in [-0.1, -0.05) is 18.2 Å². The fourth-order valence-corrected chi connectivity index (χ4v) is 4.91. The summed E-state index contributed by atoms with van der Waals surface area (Å²) in [7, 11) is 0. The van der Waals surface area contributed by atoms with E-state index >= 15 is 0 Å². The number of aldehydes is 1. The standard InChI is InChI=1S/C24H30F3N3O3S.ClH/c1-17(21-7-8-23(34-21)33-16-24(25,26)27)28-22(32)13-18-9-11-30(14-18)15-20(10-12-31)29-19-5-3-2-4-6-19;/h2-8,12,17-18,20,29H,9-11,13-16H2,1H3,(H,28,32);1H/t17-,18-,20?;/m1./s1. The van der Waals surface area contributed by atoms with Crippen molar-refractivity contribution in [3.63, 3.8) is 0 Å². The molecule has 35 heavy (non-hydrogen) atoms. The lowest BCUT2D eigenvalue weighted by molar-refractivity contribution is -0.152. The fraction of sp³-hybridized carbons (Fsp3) is 0.500. The zero-order valence-corrected chi connectivity index (χ0v) is 21.1. The molecule has 3 rings (SSSR count). The highest BCUT2D eigenvalue weighted by Gasteiger charge is 2.29. The predicted molar refractivity (Wildman–Crippen MR) is 133 cm³/mol. The van der Waals surface area contributed by atoms with Gasteiger partial charge in [0.1, 0.15) is 6.29 Å². The maximum absolute atomic E-state index is 12.6. The number of amides is 1. The maximum atomic E-state index is 12.6. The first-order chi connectivity index (χ1) is 16.2. The van der Waals surface area contributed by atoms with Gasteiger partial charge in [0, 0.05) is 42.5 Å². The number of nitrogens with one attached hydrogen (secondary N) is 2. The Bertz CT molecular complexity index is 929. The minimum atomic E-state index is -4.38. The number of ether oxygens (including phenoxy) is 1. The lowest BCUT2D eigenvalue weighted by Crippen LogP contribution is -2.36. The van der Waals surface area contributed by atoms with Crippen molar-refractivity contribution in [3.8, 4) is 5.06 Å². The van der Waals surface area contributed by atoms with Gasteiger partial charge in [-0.25, -0.2) is 0 Å².